The predicted octanol–water partition coefficient (Wildman–Crippen LogP) is 1.57. The minimum absolute atomic E-state index is 0.299. The highest BCUT2D eigenvalue weighted by Gasteiger charge is 2.03. The van der Waals surface area contributed by atoms with Crippen LogP contribution in [0, 0.1) is 13.8 Å². The van der Waals surface area contributed by atoms with Gasteiger partial charge in [-0.1, -0.05) is 11.3 Å². The molecule has 0 saturated heterocycles. The summed E-state index contributed by atoms with van der Waals surface area (Å²) in [6, 6.07) is 3.70. The summed E-state index contributed by atoms with van der Waals surface area (Å²) in [5.41, 5.74) is 1.86. The average Bonchev–Trinajstić information content (AvgIpc) is 2.08. The minimum atomic E-state index is -0.300. The van der Waals surface area contributed by atoms with Gasteiger partial charge in [-0.15, -0.1) is 0 Å². The maximum Gasteiger partial charge on any atom is 0.307 e. The molecule has 1 aromatic heterocycles. The van der Waals surface area contributed by atoms with Gasteiger partial charge in [0.1, 0.15) is 0 Å². The van der Waals surface area contributed by atoms with E-state index in [0.29, 0.717) is 5.39 Å². The van der Waals surface area contributed by atoms with Gasteiger partial charge in [0.25, 0.3) is 5.56 Å². The molecule has 0 aliphatic carbocycles. The smallest absolute Gasteiger partial charge is 0.280 e. The minimum Gasteiger partial charge on any atom is -0.280 e. The molecule has 0 bridgehead atoms. The highest BCUT2D eigenvalue weighted by molar-refractivity contribution is 7.16. The summed E-state index contributed by atoms with van der Waals surface area (Å²) < 4.78 is 0.752. The molecule has 0 atom stereocenters. The molecule has 1 N–H and O–H groups in total. The maximum atomic E-state index is 11.4. The number of hydrogen-bond donors (Lipinski definition) is 1. The SMILES string of the molecule is Cc1cc2sc(=O)[nH]c(=O)c2cc1C. The average molecular weight is 207 g/mol. The molecule has 14 heavy (non-hydrogen) atoms. The Balaban J connectivity index is 3.03. The van der Waals surface area contributed by atoms with Gasteiger partial charge in [-0.2, -0.15) is 0 Å². The van der Waals surface area contributed by atoms with Gasteiger partial charge in [-0.05, 0) is 37.1 Å². The first-order chi connectivity index (χ1) is 6.58. The third kappa shape index (κ3) is 1.37. The summed E-state index contributed by atoms with van der Waals surface area (Å²) in [5.74, 6) is 0. The molecule has 1 heterocycles. The topological polar surface area (TPSA) is 49.9 Å². The van der Waals surface area contributed by atoms with Crippen molar-refractivity contribution in [3.05, 3.63) is 43.3 Å². The first kappa shape index (κ1) is 9.15. The number of nitrogens with one attached hydrogen (secondary N) is 1. The van der Waals surface area contributed by atoms with Crippen molar-refractivity contribution < 1.29 is 0 Å². The molecule has 0 radical (unpaired) electrons. The number of aryl methyl sites for hydroxylation is 2. The lowest BCUT2D eigenvalue weighted by Gasteiger charge is -2.00. The molecular weight excluding hydrogens is 198 g/mol. The molecule has 4 heteroatoms. The zero-order valence-corrected chi connectivity index (χ0v) is 8.70. The number of aromatic amines is 1. The van der Waals surface area contributed by atoms with Crippen LogP contribution in [0.3, 0.4) is 0 Å². The molecule has 0 spiro atoms. The first-order valence-electron chi connectivity index (χ1n) is 4.22. The molecule has 0 saturated carbocycles. The van der Waals surface area contributed by atoms with Gasteiger partial charge in [-0.25, -0.2) is 0 Å². The number of H-pyrrole nitrogens is 1. The van der Waals surface area contributed by atoms with Gasteiger partial charge in [0, 0.05) is 4.70 Å². The second-order valence-corrected chi connectivity index (χ2v) is 4.29. The molecule has 72 valence electrons. The first-order valence-corrected chi connectivity index (χ1v) is 5.04. The van der Waals surface area contributed by atoms with E-state index >= 15 is 0 Å². The van der Waals surface area contributed by atoms with Crippen LogP contribution in [0.1, 0.15) is 11.1 Å². The van der Waals surface area contributed by atoms with Crippen LogP contribution in [0.5, 0.6) is 0 Å². The summed E-state index contributed by atoms with van der Waals surface area (Å²) in [6.07, 6.45) is 0. The summed E-state index contributed by atoms with van der Waals surface area (Å²) in [6.45, 7) is 3.91. The Morgan fingerprint density at radius 2 is 1.79 bits per heavy atom. The molecule has 0 fully saturated rings. The molecule has 1 aromatic carbocycles. The zero-order valence-electron chi connectivity index (χ0n) is 7.88. The van der Waals surface area contributed by atoms with Gasteiger partial charge in [0.05, 0.1) is 5.39 Å². The van der Waals surface area contributed by atoms with E-state index in [4.69, 9.17) is 0 Å². The van der Waals surface area contributed by atoms with Crippen molar-refractivity contribution in [2.75, 3.05) is 0 Å². The molecule has 0 amide bonds. The number of rotatable bonds is 0. The van der Waals surface area contributed by atoms with Crippen LogP contribution in [-0.4, -0.2) is 4.98 Å². The summed E-state index contributed by atoms with van der Waals surface area (Å²) in [5, 5.41) is 0.595. The van der Waals surface area contributed by atoms with Gasteiger partial charge in [-0.3, -0.25) is 14.6 Å². The predicted molar refractivity (Wildman–Crippen MR) is 58.2 cm³/mol. The van der Waals surface area contributed by atoms with E-state index in [2.05, 4.69) is 4.98 Å². The van der Waals surface area contributed by atoms with Crippen LogP contribution in [0.2, 0.25) is 0 Å². The lowest BCUT2D eigenvalue weighted by atomic mass is 10.1. The van der Waals surface area contributed by atoms with Crippen LogP contribution in [0.25, 0.3) is 10.1 Å². The Labute approximate surface area is 84.0 Å². The fourth-order valence-corrected chi connectivity index (χ4v) is 2.18. The van der Waals surface area contributed by atoms with Crippen molar-refractivity contribution in [2.24, 2.45) is 0 Å². The van der Waals surface area contributed by atoms with Crippen molar-refractivity contribution >= 4 is 21.4 Å². The van der Waals surface area contributed by atoms with Crippen LogP contribution in [0.4, 0.5) is 0 Å². The van der Waals surface area contributed by atoms with Gasteiger partial charge in [0.2, 0.25) is 0 Å². The van der Waals surface area contributed by atoms with Gasteiger partial charge >= 0.3 is 4.87 Å². The second-order valence-electron chi connectivity index (χ2n) is 3.28. The fraction of sp³-hybridized carbons (Fsp3) is 0.200. The second kappa shape index (κ2) is 3.06. The van der Waals surface area contributed by atoms with Crippen LogP contribution >= 0.6 is 11.3 Å². The number of fused-ring (bicyclic) bond motifs is 1. The van der Waals surface area contributed by atoms with E-state index < -0.39 is 0 Å². The third-order valence-corrected chi connectivity index (χ3v) is 3.10. The van der Waals surface area contributed by atoms with Crippen LogP contribution in [0.15, 0.2) is 21.7 Å². The Kier molecular flexibility index (Phi) is 2.00. The van der Waals surface area contributed by atoms with E-state index in [9.17, 15) is 9.59 Å². The van der Waals surface area contributed by atoms with E-state index in [1.165, 1.54) is 0 Å². The Hall–Kier alpha value is -1.42. The summed E-state index contributed by atoms with van der Waals surface area (Å²) in [4.78, 5) is 24.4. The monoisotopic (exact) mass is 207 g/mol. The van der Waals surface area contributed by atoms with Gasteiger partial charge < -0.3 is 0 Å². The molecule has 0 aliphatic heterocycles. The van der Waals surface area contributed by atoms with E-state index in [1.54, 1.807) is 0 Å². The van der Waals surface area contributed by atoms with E-state index in [1.807, 2.05) is 26.0 Å². The third-order valence-electron chi connectivity index (χ3n) is 2.26. The maximum absolute atomic E-state index is 11.4. The molecule has 0 aliphatic rings. The van der Waals surface area contributed by atoms with Crippen LogP contribution in [-0.2, 0) is 0 Å². The Bertz CT molecular complexity index is 610. The lowest BCUT2D eigenvalue weighted by Crippen LogP contribution is -2.15. The van der Waals surface area contributed by atoms with Crippen molar-refractivity contribution in [1.29, 1.82) is 0 Å². The Morgan fingerprint density at radius 3 is 2.50 bits per heavy atom. The normalized spacial score (nSPS) is 10.7. The molecule has 3 nitrogen and oxygen atoms in total. The van der Waals surface area contributed by atoms with Crippen LogP contribution < -0.4 is 10.4 Å². The highest BCUT2D eigenvalue weighted by Crippen LogP contribution is 2.17. The summed E-state index contributed by atoms with van der Waals surface area (Å²) in [7, 11) is 0. The highest BCUT2D eigenvalue weighted by atomic mass is 32.1. The number of aromatic nitrogens is 1. The van der Waals surface area contributed by atoms with Crippen molar-refractivity contribution in [3.63, 3.8) is 0 Å². The van der Waals surface area contributed by atoms with E-state index in [-0.39, 0.29) is 10.4 Å². The molecular formula is C10H9NO2S. The molecule has 2 aromatic rings. The van der Waals surface area contributed by atoms with Crippen molar-refractivity contribution in [1.82, 2.24) is 4.98 Å². The lowest BCUT2D eigenvalue weighted by molar-refractivity contribution is 1.24. The quantitative estimate of drug-likeness (QED) is 0.712. The van der Waals surface area contributed by atoms with Gasteiger partial charge in [0.15, 0.2) is 0 Å². The van der Waals surface area contributed by atoms with Crippen molar-refractivity contribution in [3.8, 4) is 0 Å². The number of benzene rings is 1. The van der Waals surface area contributed by atoms with Crippen molar-refractivity contribution in [2.45, 2.75) is 13.8 Å². The number of hydrogen-bond acceptors (Lipinski definition) is 3. The largest absolute Gasteiger partial charge is 0.307 e. The van der Waals surface area contributed by atoms with E-state index in [0.717, 1.165) is 27.2 Å². The zero-order chi connectivity index (χ0) is 10.3. The summed E-state index contributed by atoms with van der Waals surface area (Å²) >= 11 is 1.07. The standard InChI is InChI=1S/C10H9NO2S/c1-5-3-7-8(4-6(5)2)14-10(13)11-9(7)12/h3-4H,1-2H3,(H,11,12,13). The molecule has 2 rings (SSSR count). The molecule has 0 unspecified atom stereocenters. The Morgan fingerprint density at radius 1 is 1.14 bits per heavy atom. The fourth-order valence-electron chi connectivity index (χ4n) is 1.34.